The summed E-state index contributed by atoms with van der Waals surface area (Å²) in [4.78, 5) is 0. The molecule has 0 saturated heterocycles. The molecule has 1 heterocycles. The number of fused-ring (bicyclic) bond motifs is 1. The second kappa shape index (κ2) is 3.51. The minimum absolute atomic E-state index is 0.465. The first-order valence-corrected chi connectivity index (χ1v) is 5.28. The van der Waals surface area contributed by atoms with Gasteiger partial charge in [-0.05, 0) is 49.6 Å². The summed E-state index contributed by atoms with van der Waals surface area (Å²) in [5.74, 6) is 0.932. The molecular weight excluding hydrogens is 207 g/mol. The van der Waals surface area contributed by atoms with Gasteiger partial charge in [0.25, 0.3) is 0 Å². The Morgan fingerprint density at radius 1 is 1.31 bits per heavy atom. The highest BCUT2D eigenvalue weighted by Gasteiger charge is 2.37. The molecule has 0 radical (unpaired) electrons. The van der Waals surface area contributed by atoms with E-state index in [1.807, 2.05) is 39.0 Å². The molecule has 1 aromatic rings. The minimum atomic E-state index is -2.04. The van der Waals surface area contributed by atoms with Crippen molar-refractivity contribution in [2.75, 3.05) is 0 Å². The highest BCUT2D eigenvalue weighted by molar-refractivity contribution is 5.69. The van der Waals surface area contributed by atoms with Crippen LogP contribution < -0.4 is 9.47 Å². The normalized spacial score (nSPS) is 23.7. The van der Waals surface area contributed by atoms with Crippen molar-refractivity contribution in [3.8, 4) is 11.5 Å². The van der Waals surface area contributed by atoms with Crippen LogP contribution in [0.1, 0.15) is 31.9 Å². The number of benzene rings is 1. The van der Waals surface area contributed by atoms with Crippen LogP contribution in [0, 0.1) is 6.92 Å². The van der Waals surface area contributed by atoms with Crippen molar-refractivity contribution >= 4 is 5.57 Å². The van der Waals surface area contributed by atoms with Crippen molar-refractivity contribution in [3.63, 3.8) is 0 Å². The molecule has 1 aromatic carbocycles. The third-order valence-electron chi connectivity index (χ3n) is 2.73. The van der Waals surface area contributed by atoms with Gasteiger partial charge in [0.2, 0.25) is 0 Å². The predicted octanol–water partition coefficient (Wildman–Crippen LogP) is 3.83. The van der Waals surface area contributed by atoms with Crippen LogP contribution in [0.15, 0.2) is 18.2 Å². The Hall–Kier alpha value is -1.51. The summed E-state index contributed by atoms with van der Waals surface area (Å²) >= 11 is 0. The number of ether oxygens (including phenoxy) is 2. The maximum absolute atomic E-state index is 13.5. The Labute approximate surface area is 94.7 Å². The average molecular weight is 222 g/mol. The molecule has 2 rings (SSSR count). The van der Waals surface area contributed by atoms with Gasteiger partial charge in [0.1, 0.15) is 0 Å². The molecule has 2 nitrogen and oxygen atoms in total. The maximum Gasteiger partial charge on any atom is 0.404 e. The fourth-order valence-electron chi connectivity index (χ4n) is 1.82. The van der Waals surface area contributed by atoms with E-state index in [1.165, 1.54) is 6.92 Å². The summed E-state index contributed by atoms with van der Waals surface area (Å²) in [6.07, 6.45) is 2.01. The molecule has 1 unspecified atom stereocenters. The van der Waals surface area contributed by atoms with Crippen LogP contribution >= 0.6 is 0 Å². The number of hydrogen-bond donors (Lipinski definition) is 0. The molecule has 86 valence electrons. The Morgan fingerprint density at radius 2 is 1.88 bits per heavy atom. The second-order valence-corrected chi connectivity index (χ2v) is 4.12. The molecule has 0 bridgehead atoms. The molecule has 0 saturated carbocycles. The molecule has 0 fully saturated rings. The van der Waals surface area contributed by atoms with E-state index in [1.54, 1.807) is 0 Å². The lowest BCUT2D eigenvalue weighted by Gasteiger charge is -2.10. The van der Waals surface area contributed by atoms with Crippen molar-refractivity contribution in [1.29, 1.82) is 0 Å². The largest absolute Gasteiger partial charge is 0.423 e. The van der Waals surface area contributed by atoms with E-state index in [-0.39, 0.29) is 0 Å². The van der Waals surface area contributed by atoms with Gasteiger partial charge in [0, 0.05) is 6.92 Å². The number of aryl methyl sites for hydroxylation is 1. The smallest absolute Gasteiger partial charge is 0.404 e. The highest BCUT2D eigenvalue weighted by atomic mass is 19.2. The number of rotatable bonds is 1. The van der Waals surface area contributed by atoms with Gasteiger partial charge in [0.15, 0.2) is 11.5 Å². The van der Waals surface area contributed by atoms with Crippen molar-refractivity contribution in [2.45, 2.75) is 33.7 Å². The summed E-state index contributed by atoms with van der Waals surface area (Å²) in [7, 11) is 0. The molecule has 0 spiro atoms. The topological polar surface area (TPSA) is 18.5 Å². The molecule has 1 atom stereocenters. The maximum atomic E-state index is 13.5. The van der Waals surface area contributed by atoms with Gasteiger partial charge in [-0.3, -0.25) is 0 Å². The number of hydrogen-bond acceptors (Lipinski definition) is 2. The highest BCUT2D eigenvalue weighted by Crippen LogP contribution is 2.42. The van der Waals surface area contributed by atoms with Crippen LogP contribution in [-0.2, 0) is 0 Å². The van der Waals surface area contributed by atoms with Crippen molar-refractivity contribution in [1.82, 2.24) is 0 Å². The summed E-state index contributed by atoms with van der Waals surface area (Å²) in [5, 5.41) is 0. The van der Waals surface area contributed by atoms with E-state index >= 15 is 0 Å². The molecule has 3 heteroatoms. The zero-order chi connectivity index (χ0) is 11.9. The first-order valence-electron chi connectivity index (χ1n) is 5.28. The van der Waals surface area contributed by atoms with Gasteiger partial charge in [0.05, 0.1) is 0 Å². The third-order valence-corrected chi connectivity index (χ3v) is 2.73. The van der Waals surface area contributed by atoms with Gasteiger partial charge in [-0.25, -0.2) is 0 Å². The Bertz CT molecular complexity index is 461. The van der Waals surface area contributed by atoms with E-state index in [0.717, 1.165) is 16.7 Å². The Balaban J connectivity index is 2.49. The van der Waals surface area contributed by atoms with Crippen molar-refractivity contribution in [3.05, 3.63) is 29.3 Å². The molecule has 1 aliphatic rings. The lowest BCUT2D eigenvalue weighted by atomic mass is 10.0. The van der Waals surface area contributed by atoms with E-state index in [2.05, 4.69) is 0 Å². The number of halogens is 1. The first-order chi connectivity index (χ1) is 7.43. The second-order valence-electron chi connectivity index (χ2n) is 4.12. The summed E-state index contributed by atoms with van der Waals surface area (Å²) in [6, 6.07) is 1.59. The minimum Gasteiger partial charge on any atom is -0.423 e. The lowest BCUT2D eigenvalue weighted by Crippen LogP contribution is -2.27. The predicted molar refractivity (Wildman–Crippen MR) is 61.3 cm³/mol. The standard InChI is InChI=1S/C13H15FO2/c1-5-8(2)10-7-12-11(6-9(10)3)15-13(4,14)16-12/h5-7H,1-4H3. The van der Waals surface area contributed by atoms with Crippen LogP contribution in [0.4, 0.5) is 4.39 Å². The summed E-state index contributed by atoms with van der Waals surface area (Å²) < 4.78 is 23.6. The van der Waals surface area contributed by atoms with E-state index < -0.39 is 6.04 Å². The molecular formula is C13H15FO2. The Kier molecular flexibility index (Phi) is 2.41. The molecule has 16 heavy (non-hydrogen) atoms. The summed E-state index contributed by atoms with van der Waals surface area (Å²) in [5.41, 5.74) is 3.24. The average Bonchev–Trinajstić information content (AvgIpc) is 2.48. The molecule has 0 amide bonds. The third kappa shape index (κ3) is 1.77. The van der Waals surface area contributed by atoms with E-state index in [9.17, 15) is 4.39 Å². The monoisotopic (exact) mass is 222 g/mol. The van der Waals surface area contributed by atoms with Gasteiger partial charge in [-0.15, -0.1) is 0 Å². The zero-order valence-electron chi connectivity index (χ0n) is 9.93. The fourth-order valence-corrected chi connectivity index (χ4v) is 1.82. The van der Waals surface area contributed by atoms with E-state index in [4.69, 9.17) is 9.47 Å². The van der Waals surface area contributed by atoms with Gasteiger partial charge in [-0.1, -0.05) is 6.08 Å². The number of allylic oxidation sites excluding steroid dienone is 2. The van der Waals surface area contributed by atoms with Crippen LogP contribution in [0.2, 0.25) is 0 Å². The van der Waals surface area contributed by atoms with Crippen LogP contribution in [-0.4, -0.2) is 6.04 Å². The number of alkyl halides is 1. The van der Waals surface area contributed by atoms with Crippen molar-refractivity contribution < 1.29 is 13.9 Å². The van der Waals surface area contributed by atoms with Crippen LogP contribution in [0.5, 0.6) is 11.5 Å². The van der Waals surface area contributed by atoms with Gasteiger partial charge in [-0.2, -0.15) is 4.39 Å². The van der Waals surface area contributed by atoms with Gasteiger partial charge >= 0.3 is 6.04 Å². The SMILES string of the molecule is CC=C(C)c1cc2c(cc1C)OC(C)(F)O2. The Morgan fingerprint density at radius 3 is 2.44 bits per heavy atom. The first kappa shape index (κ1) is 11.0. The van der Waals surface area contributed by atoms with Crippen LogP contribution in [0.25, 0.3) is 5.57 Å². The molecule has 1 aliphatic heterocycles. The molecule has 0 aliphatic carbocycles. The van der Waals surface area contributed by atoms with Gasteiger partial charge < -0.3 is 9.47 Å². The summed E-state index contributed by atoms with van der Waals surface area (Å²) in [6.45, 7) is 7.21. The van der Waals surface area contributed by atoms with Crippen molar-refractivity contribution in [2.24, 2.45) is 0 Å². The molecule has 0 N–H and O–H groups in total. The fraction of sp³-hybridized carbons (Fsp3) is 0.385. The quantitative estimate of drug-likeness (QED) is 0.718. The zero-order valence-corrected chi connectivity index (χ0v) is 9.93. The van der Waals surface area contributed by atoms with Crippen LogP contribution in [0.3, 0.4) is 0 Å². The lowest BCUT2D eigenvalue weighted by molar-refractivity contribution is -0.173. The van der Waals surface area contributed by atoms with E-state index in [0.29, 0.717) is 11.5 Å². The molecule has 0 aromatic heterocycles.